The van der Waals surface area contributed by atoms with E-state index in [-0.39, 0.29) is 0 Å². The van der Waals surface area contributed by atoms with Crippen LogP contribution in [0.25, 0.3) is 0 Å². The van der Waals surface area contributed by atoms with Gasteiger partial charge in [-0.25, -0.2) is 4.98 Å². The van der Waals surface area contributed by atoms with Gasteiger partial charge in [-0.1, -0.05) is 6.07 Å². The number of rotatable bonds is 5. The van der Waals surface area contributed by atoms with Gasteiger partial charge in [-0.3, -0.25) is 0 Å². The first-order valence-electron chi connectivity index (χ1n) is 5.60. The van der Waals surface area contributed by atoms with Gasteiger partial charge in [-0.2, -0.15) is 0 Å². The smallest absolute Gasteiger partial charge is 0.218 e. The molecule has 1 N–H and O–H groups in total. The molecular formula is C13H17N3O. The number of nitrogens with zero attached hydrogens (tertiary/aromatic N) is 2. The van der Waals surface area contributed by atoms with Crippen LogP contribution in [0, 0.1) is 0 Å². The van der Waals surface area contributed by atoms with Crippen LogP contribution in [-0.2, 0) is 13.1 Å². The maximum absolute atomic E-state index is 5.24. The van der Waals surface area contributed by atoms with Gasteiger partial charge in [0.25, 0.3) is 0 Å². The normalized spacial score (nSPS) is 10.5. The quantitative estimate of drug-likeness (QED) is 0.850. The molecule has 0 fully saturated rings. The molecule has 0 amide bonds. The Morgan fingerprint density at radius 2 is 2.29 bits per heavy atom. The van der Waals surface area contributed by atoms with Crippen molar-refractivity contribution in [1.29, 1.82) is 0 Å². The van der Waals surface area contributed by atoms with Crippen LogP contribution < -0.4 is 10.1 Å². The van der Waals surface area contributed by atoms with Gasteiger partial charge in [0.2, 0.25) is 5.88 Å². The van der Waals surface area contributed by atoms with Crippen molar-refractivity contribution in [2.45, 2.75) is 13.1 Å². The molecule has 2 rings (SSSR count). The lowest BCUT2D eigenvalue weighted by molar-refractivity contribution is 0.391. The minimum absolute atomic E-state index is 0.691. The summed E-state index contributed by atoms with van der Waals surface area (Å²) in [5.41, 5.74) is 2.36. The van der Waals surface area contributed by atoms with E-state index in [0.717, 1.165) is 18.7 Å². The minimum atomic E-state index is 0.691. The summed E-state index contributed by atoms with van der Waals surface area (Å²) in [4.78, 5) is 4.19. The van der Waals surface area contributed by atoms with E-state index in [4.69, 9.17) is 4.74 Å². The van der Waals surface area contributed by atoms with Gasteiger partial charge >= 0.3 is 0 Å². The zero-order chi connectivity index (χ0) is 12.1. The van der Waals surface area contributed by atoms with Crippen molar-refractivity contribution in [3.05, 3.63) is 47.9 Å². The topological polar surface area (TPSA) is 39.1 Å². The van der Waals surface area contributed by atoms with Crippen molar-refractivity contribution < 1.29 is 4.74 Å². The summed E-state index contributed by atoms with van der Waals surface area (Å²) in [6.07, 6.45) is 5.94. The Labute approximate surface area is 101 Å². The van der Waals surface area contributed by atoms with E-state index in [0.29, 0.717) is 5.88 Å². The number of methoxy groups -OCH3 is 1. The number of hydrogen-bond donors (Lipinski definition) is 1. The minimum Gasteiger partial charge on any atom is -0.481 e. The maximum Gasteiger partial charge on any atom is 0.218 e. The number of hydrogen-bond acceptors (Lipinski definition) is 3. The second kappa shape index (κ2) is 5.50. The molecule has 17 heavy (non-hydrogen) atoms. The fourth-order valence-electron chi connectivity index (χ4n) is 1.82. The van der Waals surface area contributed by atoms with Crippen molar-refractivity contribution >= 4 is 0 Å². The SMILES string of the molecule is CNCc1ccn(Cc2cccnc2OC)c1. The van der Waals surface area contributed by atoms with Gasteiger partial charge in [0, 0.05) is 30.7 Å². The van der Waals surface area contributed by atoms with Gasteiger partial charge in [0.15, 0.2) is 0 Å². The zero-order valence-electron chi connectivity index (χ0n) is 10.2. The van der Waals surface area contributed by atoms with Gasteiger partial charge in [-0.15, -0.1) is 0 Å². The third-order valence-corrected chi connectivity index (χ3v) is 2.59. The van der Waals surface area contributed by atoms with Gasteiger partial charge in [0.1, 0.15) is 0 Å². The van der Waals surface area contributed by atoms with Crippen molar-refractivity contribution in [3.8, 4) is 5.88 Å². The van der Waals surface area contributed by atoms with E-state index in [9.17, 15) is 0 Å². The van der Waals surface area contributed by atoms with E-state index in [1.807, 2.05) is 19.2 Å². The molecule has 0 aliphatic heterocycles. The molecule has 0 atom stereocenters. The van der Waals surface area contributed by atoms with Crippen LogP contribution in [0.3, 0.4) is 0 Å². The van der Waals surface area contributed by atoms with Gasteiger partial charge < -0.3 is 14.6 Å². The summed E-state index contributed by atoms with van der Waals surface area (Å²) >= 11 is 0. The summed E-state index contributed by atoms with van der Waals surface area (Å²) in [6.45, 7) is 1.66. The van der Waals surface area contributed by atoms with E-state index in [1.54, 1.807) is 13.3 Å². The summed E-state index contributed by atoms with van der Waals surface area (Å²) in [5.74, 6) is 0.691. The molecular weight excluding hydrogens is 214 g/mol. The molecule has 0 unspecified atom stereocenters. The molecule has 0 aromatic carbocycles. The summed E-state index contributed by atoms with van der Waals surface area (Å²) in [6, 6.07) is 6.07. The Kier molecular flexibility index (Phi) is 3.77. The summed E-state index contributed by atoms with van der Waals surface area (Å²) < 4.78 is 7.37. The molecule has 4 nitrogen and oxygen atoms in total. The van der Waals surface area contributed by atoms with Crippen molar-refractivity contribution in [3.63, 3.8) is 0 Å². The largest absolute Gasteiger partial charge is 0.481 e. The number of pyridine rings is 1. The third-order valence-electron chi connectivity index (χ3n) is 2.59. The first-order chi connectivity index (χ1) is 8.33. The predicted octanol–water partition coefficient (Wildman–Crippen LogP) is 1.66. The van der Waals surface area contributed by atoms with Crippen molar-refractivity contribution in [2.24, 2.45) is 0 Å². The van der Waals surface area contributed by atoms with Crippen LogP contribution in [0.2, 0.25) is 0 Å². The Bertz CT molecular complexity index is 479. The zero-order valence-corrected chi connectivity index (χ0v) is 10.2. The molecule has 0 bridgehead atoms. The first kappa shape index (κ1) is 11.7. The molecule has 2 aromatic heterocycles. The fourth-order valence-corrected chi connectivity index (χ4v) is 1.82. The van der Waals surface area contributed by atoms with Gasteiger partial charge in [0.05, 0.1) is 13.7 Å². The Balaban J connectivity index is 2.13. The predicted molar refractivity (Wildman–Crippen MR) is 67.1 cm³/mol. The lowest BCUT2D eigenvalue weighted by Crippen LogP contribution is -2.04. The second-order valence-corrected chi connectivity index (χ2v) is 3.89. The van der Waals surface area contributed by atoms with E-state index >= 15 is 0 Å². The molecule has 0 saturated carbocycles. The molecule has 0 radical (unpaired) electrons. The van der Waals surface area contributed by atoms with Crippen LogP contribution in [0.5, 0.6) is 5.88 Å². The van der Waals surface area contributed by atoms with Crippen molar-refractivity contribution in [2.75, 3.05) is 14.2 Å². The van der Waals surface area contributed by atoms with E-state index in [1.165, 1.54) is 5.56 Å². The van der Waals surface area contributed by atoms with Crippen molar-refractivity contribution in [1.82, 2.24) is 14.9 Å². The highest BCUT2D eigenvalue weighted by atomic mass is 16.5. The highest BCUT2D eigenvalue weighted by Crippen LogP contribution is 2.15. The van der Waals surface area contributed by atoms with Crippen LogP contribution >= 0.6 is 0 Å². The average Bonchev–Trinajstić information content (AvgIpc) is 2.78. The summed E-state index contributed by atoms with van der Waals surface area (Å²) in [7, 11) is 3.59. The molecule has 0 aliphatic carbocycles. The van der Waals surface area contributed by atoms with Crippen LogP contribution in [0.4, 0.5) is 0 Å². The highest BCUT2D eigenvalue weighted by Gasteiger charge is 2.04. The number of ether oxygens (including phenoxy) is 1. The van der Waals surface area contributed by atoms with E-state index in [2.05, 4.69) is 33.3 Å². The van der Waals surface area contributed by atoms with Crippen LogP contribution in [0.15, 0.2) is 36.8 Å². The molecule has 2 aromatic rings. The number of nitrogens with one attached hydrogen (secondary N) is 1. The molecule has 0 aliphatic rings. The summed E-state index contributed by atoms with van der Waals surface area (Å²) in [5, 5.41) is 3.13. The van der Waals surface area contributed by atoms with E-state index < -0.39 is 0 Å². The average molecular weight is 231 g/mol. The molecule has 2 heterocycles. The van der Waals surface area contributed by atoms with Gasteiger partial charge in [-0.05, 0) is 24.7 Å². The standard InChI is InChI=1S/C13H17N3O/c1-14-8-11-5-7-16(9-11)10-12-4-3-6-15-13(12)17-2/h3-7,9,14H,8,10H2,1-2H3. The fraction of sp³-hybridized carbons (Fsp3) is 0.308. The maximum atomic E-state index is 5.24. The Hall–Kier alpha value is -1.81. The highest BCUT2D eigenvalue weighted by molar-refractivity contribution is 5.26. The number of aromatic nitrogens is 2. The second-order valence-electron chi connectivity index (χ2n) is 3.89. The molecule has 0 spiro atoms. The molecule has 90 valence electrons. The van der Waals surface area contributed by atoms with Crippen LogP contribution in [-0.4, -0.2) is 23.7 Å². The monoisotopic (exact) mass is 231 g/mol. The lowest BCUT2D eigenvalue weighted by Gasteiger charge is -2.07. The first-order valence-corrected chi connectivity index (χ1v) is 5.60. The lowest BCUT2D eigenvalue weighted by atomic mass is 10.2. The Morgan fingerprint density at radius 1 is 1.41 bits per heavy atom. The molecule has 0 saturated heterocycles. The molecule has 4 heteroatoms. The Morgan fingerprint density at radius 3 is 3.06 bits per heavy atom. The third kappa shape index (κ3) is 2.85. The van der Waals surface area contributed by atoms with Crippen LogP contribution in [0.1, 0.15) is 11.1 Å².